The highest BCUT2D eigenvalue weighted by Crippen LogP contribution is 2.36. The maximum atomic E-state index is 14.0. The second kappa shape index (κ2) is 4.61. The van der Waals surface area contributed by atoms with Crippen LogP contribution in [0.4, 0.5) is 4.39 Å². The number of nitrogens with two attached hydrogens (primary N) is 1. The third-order valence-electron chi connectivity index (χ3n) is 2.96. The fourth-order valence-electron chi connectivity index (χ4n) is 1.92. The van der Waals surface area contributed by atoms with Gasteiger partial charge in [0.25, 0.3) is 0 Å². The number of halogens is 3. The normalized spacial score (nSPS) is 19.8. The van der Waals surface area contributed by atoms with Crippen LogP contribution in [0.15, 0.2) is 16.6 Å². The van der Waals surface area contributed by atoms with Crippen LogP contribution in [0.1, 0.15) is 18.4 Å². The Hall–Kier alpha value is -0.160. The highest BCUT2D eigenvalue weighted by Gasteiger charge is 2.33. The molecule has 88 valence electrons. The molecule has 1 aliphatic heterocycles. The first-order valence-electron chi connectivity index (χ1n) is 5.05. The summed E-state index contributed by atoms with van der Waals surface area (Å²) in [6, 6.07) is 3.42. The number of hydrogen-bond acceptors (Lipinski definition) is 2. The van der Waals surface area contributed by atoms with E-state index < -0.39 is 11.4 Å². The first-order chi connectivity index (χ1) is 7.54. The molecular weight excluding hydrogens is 296 g/mol. The van der Waals surface area contributed by atoms with Crippen molar-refractivity contribution in [1.82, 2.24) is 0 Å². The average molecular weight is 309 g/mol. The summed E-state index contributed by atoms with van der Waals surface area (Å²) in [5.41, 5.74) is 6.02. The van der Waals surface area contributed by atoms with E-state index in [1.807, 2.05) is 0 Å². The smallest absolute Gasteiger partial charge is 0.147 e. The standard InChI is InChI=1S/C11H12BrClFNO/c12-8-2-1-7(10(14)9(8)13)11(15)3-5-16-6-4-11/h1-2H,3-6,15H2. The Morgan fingerprint density at radius 1 is 1.38 bits per heavy atom. The predicted octanol–water partition coefficient (Wildman–Crippen LogP) is 3.21. The molecule has 0 aliphatic carbocycles. The van der Waals surface area contributed by atoms with Crippen LogP contribution < -0.4 is 5.73 Å². The molecular formula is C11H12BrClFNO. The van der Waals surface area contributed by atoms with Gasteiger partial charge in [-0.2, -0.15) is 0 Å². The van der Waals surface area contributed by atoms with Crippen molar-refractivity contribution in [3.05, 3.63) is 33.0 Å². The molecule has 0 radical (unpaired) electrons. The minimum atomic E-state index is -0.660. The van der Waals surface area contributed by atoms with Gasteiger partial charge in [-0.1, -0.05) is 17.7 Å². The highest BCUT2D eigenvalue weighted by atomic mass is 79.9. The van der Waals surface area contributed by atoms with Crippen LogP contribution in [-0.2, 0) is 10.3 Å². The SMILES string of the molecule is NC1(c2ccc(Br)c(Cl)c2F)CCOCC1. The van der Waals surface area contributed by atoms with E-state index in [0.717, 1.165) is 0 Å². The summed E-state index contributed by atoms with van der Waals surface area (Å²) < 4.78 is 19.8. The first-order valence-corrected chi connectivity index (χ1v) is 6.22. The van der Waals surface area contributed by atoms with Gasteiger partial charge in [-0.3, -0.25) is 0 Å². The van der Waals surface area contributed by atoms with Gasteiger partial charge in [0.2, 0.25) is 0 Å². The molecule has 0 aromatic heterocycles. The van der Waals surface area contributed by atoms with Crippen LogP contribution in [0.5, 0.6) is 0 Å². The van der Waals surface area contributed by atoms with Crippen LogP contribution in [0.25, 0.3) is 0 Å². The second-order valence-corrected chi connectivity index (χ2v) is 5.22. The Kier molecular flexibility index (Phi) is 3.54. The Balaban J connectivity index is 2.43. The topological polar surface area (TPSA) is 35.2 Å². The first kappa shape index (κ1) is 12.3. The molecule has 1 aromatic rings. The van der Waals surface area contributed by atoms with Gasteiger partial charge in [0.15, 0.2) is 0 Å². The van der Waals surface area contributed by atoms with Crippen molar-refractivity contribution >= 4 is 27.5 Å². The molecule has 2 N–H and O–H groups in total. The number of rotatable bonds is 1. The van der Waals surface area contributed by atoms with Gasteiger partial charge in [-0.25, -0.2) is 4.39 Å². The fourth-order valence-corrected chi connectivity index (χ4v) is 2.39. The molecule has 2 nitrogen and oxygen atoms in total. The molecule has 1 fully saturated rings. The minimum Gasteiger partial charge on any atom is -0.381 e. The van der Waals surface area contributed by atoms with Crippen molar-refractivity contribution in [3.8, 4) is 0 Å². The predicted molar refractivity (Wildman–Crippen MR) is 65.0 cm³/mol. The van der Waals surface area contributed by atoms with Crippen LogP contribution >= 0.6 is 27.5 Å². The maximum absolute atomic E-state index is 14.0. The van der Waals surface area contributed by atoms with E-state index >= 15 is 0 Å². The lowest BCUT2D eigenvalue weighted by atomic mass is 9.83. The summed E-state index contributed by atoms with van der Waals surface area (Å²) in [6.07, 6.45) is 1.23. The molecule has 0 spiro atoms. The van der Waals surface area contributed by atoms with E-state index in [2.05, 4.69) is 15.9 Å². The monoisotopic (exact) mass is 307 g/mol. The summed E-state index contributed by atoms with van der Waals surface area (Å²) in [5.74, 6) is -0.430. The molecule has 0 amide bonds. The Morgan fingerprint density at radius 3 is 2.62 bits per heavy atom. The Bertz CT molecular complexity index is 407. The van der Waals surface area contributed by atoms with E-state index in [-0.39, 0.29) is 5.02 Å². The molecule has 16 heavy (non-hydrogen) atoms. The summed E-state index contributed by atoms with van der Waals surface area (Å²) in [7, 11) is 0. The zero-order valence-corrected chi connectivity index (χ0v) is 10.9. The lowest BCUT2D eigenvalue weighted by Gasteiger charge is -2.34. The summed E-state index contributed by atoms with van der Waals surface area (Å²) in [4.78, 5) is 0. The average Bonchev–Trinajstić information content (AvgIpc) is 2.27. The molecule has 0 unspecified atom stereocenters. The number of ether oxygens (including phenoxy) is 1. The van der Waals surface area contributed by atoms with E-state index in [9.17, 15) is 4.39 Å². The Morgan fingerprint density at radius 2 is 2.00 bits per heavy atom. The summed E-state index contributed by atoms with van der Waals surface area (Å²) in [6.45, 7) is 1.12. The van der Waals surface area contributed by atoms with Crippen LogP contribution in [0, 0.1) is 5.82 Å². The van der Waals surface area contributed by atoms with Crippen LogP contribution in [0.2, 0.25) is 5.02 Å². The van der Waals surface area contributed by atoms with Crippen molar-refractivity contribution in [2.24, 2.45) is 5.73 Å². The van der Waals surface area contributed by atoms with Crippen molar-refractivity contribution in [2.45, 2.75) is 18.4 Å². The van der Waals surface area contributed by atoms with E-state index in [4.69, 9.17) is 22.1 Å². The number of hydrogen-bond donors (Lipinski definition) is 1. The number of benzene rings is 1. The fraction of sp³-hybridized carbons (Fsp3) is 0.455. The molecule has 0 bridgehead atoms. The van der Waals surface area contributed by atoms with Gasteiger partial charge in [0.05, 0.1) is 5.02 Å². The zero-order chi connectivity index (χ0) is 11.8. The molecule has 0 atom stereocenters. The van der Waals surface area contributed by atoms with Gasteiger partial charge < -0.3 is 10.5 Å². The van der Waals surface area contributed by atoms with Crippen molar-refractivity contribution in [2.75, 3.05) is 13.2 Å². The molecule has 2 rings (SSSR count). The van der Waals surface area contributed by atoms with Gasteiger partial charge >= 0.3 is 0 Å². The van der Waals surface area contributed by atoms with Crippen molar-refractivity contribution < 1.29 is 9.13 Å². The third-order valence-corrected chi connectivity index (χ3v) is 4.22. The van der Waals surface area contributed by atoms with E-state index in [1.165, 1.54) is 0 Å². The lowest BCUT2D eigenvalue weighted by molar-refractivity contribution is 0.0510. The van der Waals surface area contributed by atoms with Crippen LogP contribution in [0.3, 0.4) is 0 Å². The van der Waals surface area contributed by atoms with E-state index in [0.29, 0.717) is 36.1 Å². The van der Waals surface area contributed by atoms with Gasteiger partial charge in [-0.05, 0) is 34.8 Å². The van der Waals surface area contributed by atoms with Gasteiger partial charge in [0, 0.05) is 28.8 Å². The summed E-state index contributed by atoms with van der Waals surface area (Å²) in [5, 5.41) is 0.0915. The van der Waals surface area contributed by atoms with Gasteiger partial charge in [-0.15, -0.1) is 0 Å². The molecule has 0 saturated carbocycles. The minimum absolute atomic E-state index is 0.0915. The summed E-state index contributed by atoms with van der Waals surface area (Å²) >= 11 is 9.04. The highest BCUT2D eigenvalue weighted by molar-refractivity contribution is 9.10. The molecule has 1 aromatic carbocycles. The zero-order valence-electron chi connectivity index (χ0n) is 8.60. The quantitative estimate of drug-likeness (QED) is 0.809. The molecule has 1 heterocycles. The van der Waals surface area contributed by atoms with Crippen molar-refractivity contribution in [3.63, 3.8) is 0 Å². The van der Waals surface area contributed by atoms with Crippen molar-refractivity contribution in [1.29, 1.82) is 0 Å². The third kappa shape index (κ3) is 2.12. The van der Waals surface area contributed by atoms with Crippen LogP contribution in [-0.4, -0.2) is 13.2 Å². The molecule has 1 saturated heterocycles. The second-order valence-electron chi connectivity index (χ2n) is 3.99. The molecule has 5 heteroatoms. The largest absolute Gasteiger partial charge is 0.381 e. The lowest BCUT2D eigenvalue weighted by Crippen LogP contribution is -2.42. The molecule has 1 aliphatic rings. The maximum Gasteiger partial charge on any atom is 0.147 e. The van der Waals surface area contributed by atoms with E-state index in [1.54, 1.807) is 12.1 Å². The Labute approximate surface area is 107 Å². The van der Waals surface area contributed by atoms with Gasteiger partial charge in [0.1, 0.15) is 5.82 Å².